The van der Waals surface area contributed by atoms with Crippen LogP contribution < -0.4 is 11.2 Å². The maximum Gasteiger partial charge on any atom is 0.347 e. The first-order valence-electron chi connectivity index (χ1n) is 3.76. The van der Waals surface area contributed by atoms with Gasteiger partial charge in [0.2, 0.25) is 5.66 Å². The van der Waals surface area contributed by atoms with Gasteiger partial charge in [-0.3, -0.25) is 10.7 Å². The van der Waals surface area contributed by atoms with Crippen molar-refractivity contribution in [3.8, 4) is 0 Å². The molecule has 0 saturated carbocycles. The number of rotatable bonds is 1. The third kappa shape index (κ3) is 0.963. The molecule has 0 aromatic heterocycles. The van der Waals surface area contributed by atoms with Gasteiger partial charge in [0.05, 0.1) is 0 Å². The van der Waals surface area contributed by atoms with Crippen LogP contribution in [0.1, 0.15) is 0 Å². The number of nitrogens with two attached hydrogens (primary N) is 1. The monoisotopic (exact) mass is 198 g/mol. The first-order valence-corrected chi connectivity index (χ1v) is 3.76. The Labute approximate surface area is 78.2 Å². The Morgan fingerprint density at radius 1 is 1.79 bits per heavy atom. The molecule has 7 heteroatoms. The lowest BCUT2D eigenvalue weighted by molar-refractivity contribution is -0.144. The van der Waals surface area contributed by atoms with Crippen LogP contribution in [0.25, 0.3) is 0 Å². The molecule has 0 saturated heterocycles. The lowest BCUT2D eigenvalue weighted by Gasteiger charge is -2.21. The van der Waals surface area contributed by atoms with E-state index in [2.05, 4.69) is 10.4 Å². The number of halogens is 1. The molecule has 2 aliphatic heterocycles. The maximum absolute atomic E-state index is 13.5. The standard InChI is InChI=1S/C7H7FN4O2/c8-4-5-10-2-1-3-12(5)11-7(4,9)6(13)14/h1-3,11H,9H2,(H,13,14). The molecule has 0 radical (unpaired) electrons. The van der Waals surface area contributed by atoms with Gasteiger partial charge < -0.3 is 5.11 Å². The summed E-state index contributed by atoms with van der Waals surface area (Å²) in [5, 5.41) is 9.85. The molecule has 2 aliphatic rings. The normalized spacial score (nSPS) is 29.7. The summed E-state index contributed by atoms with van der Waals surface area (Å²) < 4.78 is 13.5. The number of carboxylic acid groups (broad SMARTS) is 1. The summed E-state index contributed by atoms with van der Waals surface area (Å²) in [6.07, 6.45) is 4.30. The van der Waals surface area contributed by atoms with E-state index >= 15 is 0 Å². The van der Waals surface area contributed by atoms with Crippen LogP contribution in [0.4, 0.5) is 4.39 Å². The summed E-state index contributed by atoms with van der Waals surface area (Å²) in [4.78, 5) is 14.4. The van der Waals surface area contributed by atoms with Crippen molar-refractivity contribution in [2.75, 3.05) is 0 Å². The number of carboxylic acids is 1. The van der Waals surface area contributed by atoms with E-state index in [1.807, 2.05) is 0 Å². The average molecular weight is 198 g/mol. The van der Waals surface area contributed by atoms with Gasteiger partial charge in [-0.15, -0.1) is 0 Å². The fourth-order valence-electron chi connectivity index (χ4n) is 1.18. The number of hydrogen-bond donors (Lipinski definition) is 3. The lowest BCUT2D eigenvalue weighted by atomic mass is 10.2. The first kappa shape index (κ1) is 8.85. The van der Waals surface area contributed by atoms with Gasteiger partial charge in [0.25, 0.3) is 0 Å². The van der Waals surface area contributed by atoms with E-state index < -0.39 is 17.5 Å². The summed E-state index contributed by atoms with van der Waals surface area (Å²) in [7, 11) is 0. The number of hydrogen-bond acceptors (Lipinski definition) is 5. The molecule has 0 fully saturated rings. The Balaban J connectivity index is 2.47. The molecule has 2 rings (SSSR count). The highest BCUT2D eigenvalue weighted by atomic mass is 19.1. The number of hydrazine groups is 1. The van der Waals surface area contributed by atoms with Crippen molar-refractivity contribution < 1.29 is 14.3 Å². The smallest absolute Gasteiger partial charge is 0.347 e. The summed E-state index contributed by atoms with van der Waals surface area (Å²) in [6.45, 7) is 0. The zero-order valence-electron chi connectivity index (χ0n) is 6.94. The van der Waals surface area contributed by atoms with Gasteiger partial charge in [-0.25, -0.2) is 14.2 Å². The Kier molecular flexibility index (Phi) is 1.66. The molecule has 4 N–H and O–H groups in total. The second-order valence-electron chi connectivity index (χ2n) is 2.85. The summed E-state index contributed by atoms with van der Waals surface area (Å²) in [6, 6.07) is 0. The second kappa shape index (κ2) is 2.63. The summed E-state index contributed by atoms with van der Waals surface area (Å²) in [5.41, 5.74) is 5.37. The predicted molar refractivity (Wildman–Crippen MR) is 45.3 cm³/mol. The summed E-state index contributed by atoms with van der Waals surface area (Å²) in [5.74, 6) is -2.64. The molecule has 0 aromatic carbocycles. The van der Waals surface area contributed by atoms with Gasteiger partial charge in [-0.05, 0) is 6.08 Å². The minimum absolute atomic E-state index is 0.127. The molecule has 2 heterocycles. The molecule has 0 bridgehead atoms. The molecular formula is C7H7FN4O2. The molecule has 1 atom stereocenters. The van der Waals surface area contributed by atoms with E-state index in [0.717, 1.165) is 5.01 Å². The fourth-order valence-corrected chi connectivity index (χ4v) is 1.18. The maximum atomic E-state index is 13.5. The number of nitrogens with one attached hydrogen (secondary N) is 1. The van der Waals surface area contributed by atoms with Crippen LogP contribution in [0.15, 0.2) is 28.9 Å². The molecule has 74 valence electrons. The largest absolute Gasteiger partial charge is 0.478 e. The van der Waals surface area contributed by atoms with Crippen LogP contribution >= 0.6 is 0 Å². The minimum atomic E-state index is -2.22. The van der Waals surface area contributed by atoms with Crippen molar-refractivity contribution in [3.63, 3.8) is 0 Å². The van der Waals surface area contributed by atoms with Crippen molar-refractivity contribution in [3.05, 3.63) is 23.9 Å². The molecule has 6 nitrogen and oxygen atoms in total. The Morgan fingerprint density at radius 3 is 3.07 bits per heavy atom. The van der Waals surface area contributed by atoms with E-state index in [9.17, 15) is 9.18 Å². The molecule has 0 spiro atoms. The van der Waals surface area contributed by atoms with Crippen LogP contribution in [-0.2, 0) is 4.79 Å². The molecule has 0 aliphatic carbocycles. The third-order valence-corrected chi connectivity index (χ3v) is 1.92. The quantitative estimate of drug-likeness (QED) is 0.517. The van der Waals surface area contributed by atoms with Crippen LogP contribution in [0.2, 0.25) is 0 Å². The molecule has 14 heavy (non-hydrogen) atoms. The fraction of sp³-hybridized carbons (Fsp3) is 0.143. The van der Waals surface area contributed by atoms with Crippen molar-refractivity contribution >= 4 is 12.2 Å². The van der Waals surface area contributed by atoms with Gasteiger partial charge in [-0.2, -0.15) is 5.43 Å². The van der Waals surface area contributed by atoms with Gasteiger partial charge >= 0.3 is 5.97 Å². The van der Waals surface area contributed by atoms with Crippen LogP contribution in [0.5, 0.6) is 0 Å². The number of nitrogens with zero attached hydrogens (tertiary/aromatic N) is 2. The van der Waals surface area contributed by atoms with Gasteiger partial charge in [-0.1, -0.05) is 0 Å². The number of aliphatic carboxylic acids is 1. The topological polar surface area (TPSA) is 91.0 Å². The van der Waals surface area contributed by atoms with Crippen molar-refractivity contribution in [1.82, 2.24) is 10.4 Å². The van der Waals surface area contributed by atoms with E-state index in [0.29, 0.717) is 0 Å². The number of allylic oxidation sites excluding steroid dienone is 1. The first-order chi connectivity index (χ1) is 6.55. The SMILES string of the molecule is NC1(C(=O)O)NN2C=CC=NC2=C1F. The van der Waals surface area contributed by atoms with Gasteiger partial charge in [0.1, 0.15) is 0 Å². The Bertz CT molecular complexity index is 389. The summed E-state index contributed by atoms with van der Waals surface area (Å²) >= 11 is 0. The highest BCUT2D eigenvalue weighted by molar-refractivity contribution is 5.83. The van der Waals surface area contributed by atoms with E-state index in [-0.39, 0.29) is 5.82 Å². The van der Waals surface area contributed by atoms with Gasteiger partial charge in [0, 0.05) is 12.4 Å². The zero-order valence-corrected chi connectivity index (χ0v) is 6.94. The zero-order chi connectivity index (χ0) is 10.3. The number of aliphatic imine (C=N–C) groups is 1. The predicted octanol–water partition coefficient (Wildman–Crippen LogP) is -0.717. The van der Waals surface area contributed by atoms with Crippen LogP contribution in [-0.4, -0.2) is 28.0 Å². The van der Waals surface area contributed by atoms with Gasteiger partial charge in [0.15, 0.2) is 11.6 Å². The van der Waals surface area contributed by atoms with E-state index in [1.165, 1.54) is 18.5 Å². The van der Waals surface area contributed by atoms with Crippen LogP contribution in [0, 0.1) is 0 Å². The minimum Gasteiger partial charge on any atom is -0.478 e. The van der Waals surface area contributed by atoms with E-state index in [4.69, 9.17) is 10.8 Å². The average Bonchev–Trinajstić information content (AvgIpc) is 2.42. The number of fused-ring (bicyclic) bond motifs is 1. The lowest BCUT2D eigenvalue weighted by Crippen LogP contribution is -2.59. The highest BCUT2D eigenvalue weighted by Gasteiger charge is 2.49. The van der Waals surface area contributed by atoms with E-state index in [1.54, 1.807) is 0 Å². The third-order valence-electron chi connectivity index (χ3n) is 1.92. The Morgan fingerprint density at radius 2 is 2.50 bits per heavy atom. The molecular weight excluding hydrogens is 191 g/mol. The molecule has 1 unspecified atom stereocenters. The number of carbonyl (C=O) groups is 1. The highest BCUT2D eigenvalue weighted by Crippen LogP contribution is 2.29. The molecule has 0 aromatic rings. The van der Waals surface area contributed by atoms with Crippen molar-refractivity contribution in [2.45, 2.75) is 5.66 Å². The van der Waals surface area contributed by atoms with Crippen molar-refractivity contribution in [1.29, 1.82) is 0 Å². The Hall–Kier alpha value is -1.73. The van der Waals surface area contributed by atoms with Crippen LogP contribution in [0.3, 0.4) is 0 Å². The second-order valence-corrected chi connectivity index (χ2v) is 2.85. The van der Waals surface area contributed by atoms with Crippen molar-refractivity contribution in [2.24, 2.45) is 10.7 Å². The molecule has 0 amide bonds.